The minimum absolute atomic E-state index is 0.116. The van der Waals surface area contributed by atoms with Crippen molar-refractivity contribution in [1.29, 1.82) is 0 Å². The molecular weight excluding hydrogens is 340 g/mol. The molecule has 27 heavy (non-hydrogen) atoms. The van der Waals surface area contributed by atoms with Crippen molar-refractivity contribution in [2.45, 2.75) is 26.2 Å². The molecule has 132 valence electrons. The van der Waals surface area contributed by atoms with E-state index in [0.29, 0.717) is 16.9 Å². The van der Waals surface area contributed by atoms with Crippen molar-refractivity contribution < 1.29 is 14.0 Å². The number of rotatable bonds is 1. The van der Waals surface area contributed by atoms with E-state index in [1.165, 1.54) is 18.0 Å². The van der Waals surface area contributed by atoms with Crippen LogP contribution in [0.2, 0.25) is 0 Å². The second-order valence-electron chi connectivity index (χ2n) is 7.53. The molecule has 0 aromatic carbocycles. The zero-order valence-corrected chi connectivity index (χ0v) is 15.2. The Labute approximate surface area is 155 Å². The van der Waals surface area contributed by atoms with Crippen LogP contribution in [-0.4, -0.2) is 21.5 Å². The Morgan fingerprint density at radius 1 is 1.00 bits per heavy atom. The number of allylic oxidation sites excluding steroid dienone is 1. The maximum atomic E-state index is 12.6. The van der Waals surface area contributed by atoms with E-state index in [2.05, 4.69) is 29.9 Å². The fraction of sp³-hybridized carbons (Fsp3) is 0.182. The monoisotopic (exact) mass is 356 g/mol. The van der Waals surface area contributed by atoms with Gasteiger partial charge in [0.15, 0.2) is 11.6 Å². The van der Waals surface area contributed by atoms with Gasteiger partial charge in [-0.25, -0.2) is 0 Å². The van der Waals surface area contributed by atoms with Gasteiger partial charge in [-0.2, -0.15) is 0 Å². The molecule has 0 amide bonds. The Kier molecular flexibility index (Phi) is 3.00. The van der Waals surface area contributed by atoms with Crippen LogP contribution in [0.25, 0.3) is 17.4 Å². The van der Waals surface area contributed by atoms with Crippen LogP contribution in [-0.2, 0) is 5.41 Å². The quantitative estimate of drug-likeness (QED) is 0.484. The van der Waals surface area contributed by atoms with Crippen molar-refractivity contribution in [2.24, 2.45) is 0 Å². The molecule has 5 heteroatoms. The van der Waals surface area contributed by atoms with Crippen molar-refractivity contribution in [1.82, 2.24) is 9.97 Å². The lowest BCUT2D eigenvalue weighted by atomic mass is 9.83. The van der Waals surface area contributed by atoms with Crippen LogP contribution in [0.5, 0.6) is 0 Å². The average Bonchev–Trinajstić information content (AvgIpc) is 3.24. The molecule has 0 fully saturated rings. The van der Waals surface area contributed by atoms with Gasteiger partial charge in [0.1, 0.15) is 11.5 Å². The summed E-state index contributed by atoms with van der Waals surface area (Å²) in [6, 6.07) is 5.57. The number of carbonyl (C=O) groups excluding carboxylic acids is 2. The van der Waals surface area contributed by atoms with Crippen LogP contribution >= 0.6 is 0 Å². The van der Waals surface area contributed by atoms with Crippen LogP contribution < -0.4 is 0 Å². The van der Waals surface area contributed by atoms with Gasteiger partial charge in [-0.3, -0.25) is 19.6 Å². The highest BCUT2D eigenvalue weighted by atomic mass is 16.3. The highest BCUT2D eigenvalue weighted by Gasteiger charge is 2.40. The highest BCUT2D eigenvalue weighted by molar-refractivity contribution is 6.41. The van der Waals surface area contributed by atoms with Crippen molar-refractivity contribution in [3.63, 3.8) is 0 Å². The van der Waals surface area contributed by atoms with Crippen molar-refractivity contribution in [2.75, 3.05) is 0 Å². The van der Waals surface area contributed by atoms with E-state index in [1.54, 1.807) is 12.1 Å². The molecule has 0 unspecified atom stereocenters. The average molecular weight is 356 g/mol. The predicted octanol–water partition coefficient (Wildman–Crippen LogP) is 4.15. The number of hydrogen-bond donors (Lipinski definition) is 0. The van der Waals surface area contributed by atoms with Crippen molar-refractivity contribution >= 4 is 17.6 Å². The number of hydrogen-bond acceptors (Lipinski definition) is 5. The molecule has 5 rings (SSSR count). The lowest BCUT2D eigenvalue weighted by Crippen LogP contribution is -2.14. The van der Waals surface area contributed by atoms with E-state index < -0.39 is 0 Å². The molecule has 0 saturated heterocycles. The molecule has 0 bridgehead atoms. The van der Waals surface area contributed by atoms with Crippen LogP contribution in [0.1, 0.15) is 57.1 Å². The summed E-state index contributed by atoms with van der Waals surface area (Å²) in [5.41, 5.74) is 4.76. The van der Waals surface area contributed by atoms with E-state index in [0.717, 1.165) is 22.6 Å². The lowest BCUT2D eigenvalue weighted by molar-refractivity contribution is 0.0990. The fourth-order valence-corrected chi connectivity index (χ4v) is 3.99. The topological polar surface area (TPSA) is 73.1 Å². The Bertz CT molecular complexity index is 1160. The van der Waals surface area contributed by atoms with Gasteiger partial charge in [0.25, 0.3) is 0 Å². The Hall–Kier alpha value is -3.34. The van der Waals surface area contributed by atoms with E-state index >= 15 is 0 Å². The predicted molar refractivity (Wildman–Crippen MR) is 99.7 cm³/mol. The summed E-state index contributed by atoms with van der Waals surface area (Å²) < 4.78 is 6.05. The number of aromatic nitrogens is 2. The first kappa shape index (κ1) is 15.9. The standard InChI is InChI=1S/C22H16N2O3/c1-11-6-17-16(10-24-11)21-18(22(17,2)3)8-12(27-21)7-14-19(25)13-4-5-23-9-15(13)20(14)26/h4-10H,1-3H3/b14-7+. The second kappa shape index (κ2) is 5.10. The smallest absolute Gasteiger partial charge is 0.199 e. The number of nitrogens with zero attached hydrogens (tertiary/aromatic N) is 2. The molecule has 3 aromatic heterocycles. The molecule has 0 saturated carbocycles. The van der Waals surface area contributed by atoms with E-state index in [4.69, 9.17) is 4.42 Å². The number of carbonyl (C=O) groups is 2. The van der Waals surface area contributed by atoms with Gasteiger partial charge in [0, 0.05) is 46.4 Å². The molecule has 2 aliphatic carbocycles. The Morgan fingerprint density at radius 3 is 2.56 bits per heavy atom. The SMILES string of the molecule is Cc1cc2c(cn1)-c1oc(/C=C3\C(=O)c4ccncc4C3=O)cc1C2(C)C. The number of fused-ring (bicyclic) bond motifs is 4. The summed E-state index contributed by atoms with van der Waals surface area (Å²) in [5, 5.41) is 0. The Balaban J connectivity index is 1.63. The number of pyridine rings is 2. The third-order valence-corrected chi connectivity index (χ3v) is 5.47. The normalized spacial score (nSPS) is 18.0. The molecule has 3 aromatic rings. The van der Waals surface area contributed by atoms with Gasteiger partial charge in [0.2, 0.25) is 0 Å². The summed E-state index contributed by atoms with van der Waals surface area (Å²) in [6.07, 6.45) is 6.32. The maximum absolute atomic E-state index is 12.6. The molecule has 0 atom stereocenters. The van der Waals surface area contributed by atoms with Gasteiger partial charge in [0.05, 0.1) is 11.1 Å². The van der Waals surface area contributed by atoms with Gasteiger partial charge >= 0.3 is 0 Å². The molecule has 0 radical (unpaired) electrons. The maximum Gasteiger partial charge on any atom is 0.199 e. The third kappa shape index (κ3) is 2.05. The number of ketones is 2. The molecule has 0 aliphatic heterocycles. The van der Waals surface area contributed by atoms with Crippen LogP contribution in [0.4, 0.5) is 0 Å². The largest absolute Gasteiger partial charge is 0.456 e. The van der Waals surface area contributed by atoms with Crippen LogP contribution in [0, 0.1) is 6.92 Å². The minimum atomic E-state index is -0.309. The first-order chi connectivity index (χ1) is 12.9. The molecule has 0 spiro atoms. The zero-order valence-electron chi connectivity index (χ0n) is 15.2. The minimum Gasteiger partial charge on any atom is -0.456 e. The van der Waals surface area contributed by atoms with Crippen LogP contribution in [0.15, 0.2) is 46.8 Å². The summed E-state index contributed by atoms with van der Waals surface area (Å²) in [5.74, 6) is 0.658. The van der Waals surface area contributed by atoms with Gasteiger partial charge in [-0.1, -0.05) is 13.8 Å². The summed E-state index contributed by atoms with van der Waals surface area (Å²) in [6.45, 7) is 6.24. The third-order valence-electron chi connectivity index (χ3n) is 5.47. The van der Waals surface area contributed by atoms with E-state index in [-0.39, 0.29) is 22.6 Å². The number of Topliss-reactive ketones (excluding diaryl/α,β-unsaturated/α-hetero) is 2. The zero-order chi connectivity index (χ0) is 18.9. The van der Waals surface area contributed by atoms with Crippen molar-refractivity contribution in [3.05, 3.63) is 76.1 Å². The summed E-state index contributed by atoms with van der Waals surface area (Å²) in [7, 11) is 0. The van der Waals surface area contributed by atoms with Crippen LogP contribution in [0.3, 0.4) is 0 Å². The molecule has 3 heterocycles. The van der Waals surface area contributed by atoms with E-state index in [9.17, 15) is 9.59 Å². The first-order valence-electron chi connectivity index (χ1n) is 8.75. The molecule has 5 nitrogen and oxygen atoms in total. The second-order valence-corrected chi connectivity index (χ2v) is 7.53. The fourth-order valence-electron chi connectivity index (χ4n) is 3.99. The first-order valence-corrected chi connectivity index (χ1v) is 8.75. The van der Waals surface area contributed by atoms with Gasteiger partial charge in [-0.15, -0.1) is 0 Å². The summed E-state index contributed by atoms with van der Waals surface area (Å²) in [4.78, 5) is 33.5. The molecule has 0 N–H and O–H groups in total. The molecule has 2 aliphatic rings. The lowest BCUT2D eigenvalue weighted by Gasteiger charge is -2.19. The highest BCUT2D eigenvalue weighted by Crippen LogP contribution is 2.50. The number of furan rings is 1. The van der Waals surface area contributed by atoms with Gasteiger partial charge < -0.3 is 4.42 Å². The Morgan fingerprint density at radius 2 is 1.78 bits per heavy atom. The number of aryl methyl sites for hydroxylation is 1. The van der Waals surface area contributed by atoms with E-state index in [1.807, 2.05) is 19.2 Å². The summed E-state index contributed by atoms with van der Waals surface area (Å²) >= 11 is 0. The molecular formula is C22H16N2O3. The van der Waals surface area contributed by atoms with Crippen molar-refractivity contribution in [3.8, 4) is 11.3 Å². The van der Waals surface area contributed by atoms with Gasteiger partial charge in [-0.05, 0) is 36.8 Å².